The summed E-state index contributed by atoms with van der Waals surface area (Å²) in [7, 11) is 0. The van der Waals surface area contributed by atoms with E-state index < -0.39 is 0 Å². The maximum atomic E-state index is 0. The van der Waals surface area contributed by atoms with Crippen LogP contribution in [0.15, 0.2) is 0 Å². The van der Waals surface area contributed by atoms with E-state index in [0.717, 1.165) is 0 Å². The van der Waals surface area contributed by atoms with Crippen molar-refractivity contribution in [1.29, 1.82) is 0 Å². The quantitative estimate of drug-likeness (QED) is 0.498. The molecule has 0 aromatic heterocycles. The van der Waals surface area contributed by atoms with Crippen LogP contribution in [-0.4, -0.2) is 40.9 Å². The van der Waals surface area contributed by atoms with Crippen LogP contribution in [0, 0.1) is 0 Å². The minimum Gasteiger partial charge on any atom is -0.870 e. The van der Waals surface area contributed by atoms with E-state index in [4.69, 9.17) is 0 Å². The molecule has 34 valence electrons. The van der Waals surface area contributed by atoms with E-state index in [1.54, 1.807) is 0 Å². The third-order valence-corrected chi connectivity index (χ3v) is 0. The van der Waals surface area contributed by atoms with Crippen molar-refractivity contribution >= 4 is 24.4 Å². The second-order valence-corrected chi connectivity index (χ2v) is 0. The molecule has 0 amide bonds. The second-order valence-electron chi connectivity index (χ2n) is 0. The van der Waals surface area contributed by atoms with Gasteiger partial charge in [-0.15, -0.1) is 0 Å². The Bertz CT molecular complexity index is 6.85. The molecule has 0 aliphatic rings. The van der Waals surface area contributed by atoms with Crippen molar-refractivity contribution in [2.75, 3.05) is 0 Å². The molecular formula is H3O3SbV-3. The maximum absolute atomic E-state index is 0. The van der Waals surface area contributed by atoms with Gasteiger partial charge in [0.05, 0.1) is 0 Å². The van der Waals surface area contributed by atoms with Gasteiger partial charge in [-0.2, -0.15) is 0 Å². The van der Waals surface area contributed by atoms with Crippen molar-refractivity contribution in [2.45, 2.75) is 0 Å². The third-order valence-electron chi connectivity index (χ3n) is 0. The zero-order chi connectivity index (χ0) is 0. The molecule has 0 saturated heterocycles. The van der Waals surface area contributed by atoms with Crippen LogP contribution in [0.5, 0.6) is 0 Å². The zero-order valence-electron chi connectivity index (χ0n) is 2.24. The van der Waals surface area contributed by atoms with Gasteiger partial charge < -0.3 is 16.4 Å². The normalized spacial score (nSPS) is 0. The number of hydrogen-bond acceptors (Lipinski definition) is 3. The molecule has 4 radical (unpaired) electrons. The van der Waals surface area contributed by atoms with E-state index in [-0.39, 0.29) is 59.4 Å². The first kappa shape index (κ1) is 107. The molecule has 5 heavy (non-hydrogen) atoms. The van der Waals surface area contributed by atoms with Crippen LogP contribution in [0.25, 0.3) is 0 Å². The largest absolute Gasteiger partial charge is 0.870 e. The van der Waals surface area contributed by atoms with Crippen LogP contribution in [0.3, 0.4) is 0 Å². The van der Waals surface area contributed by atoms with Crippen molar-refractivity contribution in [3.05, 3.63) is 0 Å². The summed E-state index contributed by atoms with van der Waals surface area (Å²) in [5.74, 6) is 0. The Hall–Kier alpha value is 1.28. The Morgan fingerprint density at radius 2 is 0.600 bits per heavy atom. The molecule has 0 spiro atoms. The van der Waals surface area contributed by atoms with Gasteiger partial charge in [-0.3, -0.25) is 0 Å². The van der Waals surface area contributed by atoms with Crippen LogP contribution in [0.2, 0.25) is 0 Å². The van der Waals surface area contributed by atoms with Crippen molar-refractivity contribution in [3.8, 4) is 0 Å². The molecule has 0 aromatic carbocycles. The summed E-state index contributed by atoms with van der Waals surface area (Å²) in [6.07, 6.45) is 0. The van der Waals surface area contributed by atoms with Crippen LogP contribution >= 0.6 is 0 Å². The van der Waals surface area contributed by atoms with Crippen LogP contribution in [-0.2, 0) is 18.6 Å². The Balaban J connectivity index is 0. The zero-order valence-corrected chi connectivity index (χ0v) is 6.19. The molecule has 0 aliphatic heterocycles. The molecule has 0 rings (SSSR count). The van der Waals surface area contributed by atoms with E-state index in [0.29, 0.717) is 0 Å². The van der Waals surface area contributed by atoms with E-state index in [2.05, 4.69) is 0 Å². The van der Waals surface area contributed by atoms with Crippen molar-refractivity contribution < 1.29 is 35.0 Å². The monoisotopic (exact) mass is 223 g/mol. The Morgan fingerprint density at radius 3 is 0.600 bits per heavy atom. The van der Waals surface area contributed by atoms with Crippen LogP contribution in [0.1, 0.15) is 0 Å². The van der Waals surface area contributed by atoms with Gasteiger partial charge in [0, 0.05) is 43.0 Å². The molecule has 0 saturated carbocycles. The molecule has 0 aliphatic carbocycles. The molecule has 5 heteroatoms. The first-order valence-corrected chi connectivity index (χ1v) is 0. The summed E-state index contributed by atoms with van der Waals surface area (Å²) < 4.78 is 0. The number of hydrogen-bond donors (Lipinski definition) is 0. The minimum absolute atomic E-state index is 0. The van der Waals surface area contributed by atoms with Crippen molar-refractivity contribution in [2.24, 2.45) is 0 Å². The smallest absolute Gasteiger partial charge is 0 e. The van der Waals surface area contributed by atoms with Crippen molar-refractivity contribution in [3.63, 3.8) is 0 Å². The molecule has 3 nitrogen and oxygen atoms in total. The average Bonchev–Trinajstić information content (AvgIpc) is 0. The summed E-state index contributed by atoms with van der Waals surface area (Å²) >= 11 is 0. The van der Waals surface area contributed by atoms with Crippen LogP contribution in [0.4, 0.5) is 0 Å². The summed E-state index contributed by atoms with van der Waals surface area (Å²) in [6, 6.07) is 0. The molecule has 0 aromatic rings. The van der Waals surface area contributed by atoms with Crippen molar-refractivity contribution in [1.82, 2.24) is 0 Å². The van der Waals surface area contributed by atoms with Gasteiger partial charge in [-0.25, -0.2) is 0 Å². The van der Waals surface area contributed by atoms with Gasteiger partial charge in [0.15, 0.2) is 0 Å². The Kier molecular flexibility index (Phi) is 1260. The molecular weight excluding hydrogens is 221 g/mol. The Morgan fingerprint density at radius 1 is 0.600 bits per heavy atom. The summed E-state index contributed by atoms with van der Waals surface area (Å²) in [6.45, 7) is 0. The Labute approximate surface area is 59.4 Å². The maximum Gasteiger partial charge on any atom is 0 e. The van der Waals surface area contributed by atoms with Crippen LogP contribution < -0.4 is 0 Å². The van der Waals surface area contributed by atoms with E-state index in [9.17, 15) is 0 Å². The first-order valence-electron chi connectivity index (χ1n) is 0. The predicted octanol–water partition coefficient (Wildman–Crippen LogP) is -0.914. The number of rotatable bonds is 0. The first-order chi connectivity index (χ1) is 0. The molecule has 3 N–H and O–H groups in total. The summed E-state index contributed by atoms with van der Waals surface area (Å²) in [5, 5.41) is 0. The molecule has 0 fully saturated rings. The van der Waals surface area contributed by atoms with E-state index in [1.807, 2.05) is 0 Å². The van der Waals surface area contributed by atoms with Gasteiger partial charge in [-0.1, -0.05) is 0 Å². The van der Waals surface area contributed by atoms with Gasteiger partial charge in [0.1, 0.15) is 0 Å². The molecule has 0 heterocycles. The van der Waals surface area contributed by atoms with Gasteiger partial charge in [0.2, 0.25) is 0 Å². The fraction of sp³-hybridized carbons (Fsp3) is 0. The SMILES string of the molecule is [OH-].[OH-].[OH-].[Sb].[V]. The second kappa shape index (κ2) is 58.9. The van der Waals surface area contributed by atoms with Gasteiger partial charge in [-0.05, 0) is 0 Å². The fourth-order valence-corrected chi connectivity index (χ4v) is 0. The van der Waals surface area contributed by atoms with Gasteiger partial charge in [0.25, 0.3) is 0 Å². The molecule has 0 bridgehead atoms. The van der Waals surface area contributed by atoms with E-state index in [1.165, 1.54) is 0 Å². The van der Waals surface area contributed by atoms with Gasteiger partial charge >= 0.3 is 0 Å². The minimum atomic E-state index is 0. The molecule has 0 atom stereocenters. The fourth-order valence-electron chi connectivity index (χ4n) is 0. The average molecular weight is 224 g/mol. The molecule has 0 unspecified atom stereocenters. The third kappa shape index (κ3) is 34.6. The summed E-state index contributed by atoms with van der Waals surface area (Å²) in [5.41, 5.74) is 0. The topological polar surface area (TPSA) is 90.0 Å². The van der Waals surface area contributed by atoms with E-state index >= 15 is 0 Å². The summed E-state index contributed by atoms with van der Waals surface area (Å²) in [4.78, 5) is 0. The standard InChI is InChI=1S/3H2O.Sb.V/h3*1H2;;/p-3. The predicted molar refractivity (Wildman–Crippen MR) is 11.6 cm³/mol.